The lowest BCUT2D eigenvalue weighted by Crippen LogP contribution is -2.35. The molecular formula is C21H26N4O2S. The van der Waals surface area contributed by atoms with Crippen molar-refractivity contribution >= 4 is 11.8 Å². The molecule has 1 N–H and O–H groups in total. The van der Waals surface area contributed by atoms with E-state index in [0.717, 1.165) is 25.4 Å². The standard InChI is InChI=1S/C21H26N4O2S/c1-15-7-5-10-25(14-15)11-6-12-27-18-9-4-3-8-16(18)19-17(13-22)20(26)24-21(23-19)28-2/h3-4,8-9,15H,5-7,10-12,14H2,1-2H3,(H,23,24,26). The first-order valence-electron chi connectivity index (χ1n) is 9.65. The molecule has 1 aliphatic heterocycles. The van der Waals surface area contributed by atoms with Gasteiger partial charge in [-0.25, -0.2) is 4.98 Å². The van der Waals surface area contributed by atoms with Gasteiger partial charge in [-0.15, -0.1) is 0 Å². The second-order valence-electron chi connectivity index (χ2n) is 7.16. The number of H-pyrrole nitrogens is 1. The van der Waals surface area contributed by atoms with Gasteiger partial charge in [-0.3, -0.25) is 4.79 Å². The number of rotatable bonds is 7. The summed E-state index contributed by atoms with van der Waals surface area (Å²) in [7, 11) is 0. The molecule has 6 nitrogen and oxygen atoms in total. The van der Waals surface area contributed by atoms with Gasteiger partial charge in [-0.1, -0.05) is 30.8 Å². The quantitative estimate of drug-likeness (QED) is 0.436. The molecule has 0 bridgehead atoms. The Morgan fingerprint density at radius 3 is 3.00 bits per heavy atom. The van der Waals surface area contributed by atoms with Crippen molar-refractivity contribution in [2.24, 2.45) is 5.92 Å². The van der Waals surface area contributed by atoms with Gasteiger partial charge >= 0.3 is 0 Å². The fraction of sp³-hybridized carbons (Fsp3) is 0.476. The van der Waals surface area contributed by atoms with Crippen LogP contribution in [-0.2, 0) is 0 Å². The number of nitriles is 1. The number of hydrogen-bond donors (Lipinski definition) is 1. The van der Waals surface area contributed by atoms with Crippen molar-refractivity contribution in [1.82, 2.24) is 14.9 Å². The smallest absolute Gasteiger partial charge is 0.270 e. The first-order chi connectivity index (χ1) is 13.6. The van der Waals surface area contributed by atoms with Crippen molar-refractivity contribution in [3.05, 3.63) is 40.2 Å². The first kappa shape index (κ1) is 20.4. The number of hydrogen-bond acceptors (Lipinski definition) is 6. The molecule has 28 heavy (non-hydrogen) atoms. The Kier molecular flexibility index (Phi) is 7.12. The number of benzene rings is 1. The number of ether oxygens (including phenoxy) is 1. The Morgan fingerprint density at radius 1 is 1.43 bits per heavy atom. The summed E-state index contributed by atoms with van der Waals surface area (Å²) in [6.07, 6.45) is 5.36. The van der Waals surface area contributed by atoms with Crippen LogP contribution in [0.5, 0.6) is 5.75 Å². The maximum atomic E-state index is 12.2. The Labute approximate surface area is 169 Å². The number of nitrogens with one attached hydrogen (secondary N) is 1. The molecule has 0 radical (unpaired) electrons. The highest BCUT2D eigenvalue weighted by Crippen LogP contribution is 2.30. The lowest BCUT2D eigenvalue weighted by molar-refractivity contribution is 0.170. The van der Waals surface area contributed by atoms with E-state index in [9.17, 15) is 10.1 Å². The van der Waals surface area contributed by atoms with Crippen LogP contribution in [0.3, 0.4) is 0 Å². The van der Waals surface area contributed by atoms with Crippen molar-refractivity contribution < 1.29 is 4.74 Å². The van der Waals surface area contributed by atoms with Crippen LogP contribution in [0.2, 0.25) is 0 Å². The van der Waals surface area contributed by atoms with Crippen molar-refractivity contribution in [1.29, 1.82) is 5.26 Å². The van der Waals surface area contributed by atoms with Crippen LogP contribution in [0.4, 0.5) is 0 Å². The topological polar surface area (TPSA) is 82.0 Å². The fourth-order valence-corrected chi connectivity index (χ4v) is 3.97. The summed E-state index contributed by atoms with van der Waals surface area (Å²) in [4.78, 5) is 21.8. The lowest BCUT2D eigenvalue weighted by Gasteiger charge is -2.30. The van der Waals surface area contributed by atoms with Crippen LogP contribution < -0.4 is 10.3 Å². The minimum Gasteiger partial charge on any atom is -0.493 e. The zero-order chi connectivity index (χ0) is 19.9. The van der Waals surface area contributed by atoms with Crippen LogP contribution in [0.25, 0.3) is 11.3 Å². The highest BCUT2D eigenvalue weighted by molar-refractivity contribution is 7.98. The zero-order valence-electron chi connectivity index (χ0n) is 16.4. The number of nitrogens with zero attached hydrogens (tertiary/aromatic N) is 3. The molecule has 1 aromatic heterocycles. The number of piperidine rings is 1. The molecule has 2 aromatic rings. The summed E-state index contributed by atoms with van der Waals surface area (Å²) in [5, 5.41) is 9.91. The van der Waals surface area contributed by atoms with E-state index in [1.165, 1.54) is 31.1 Å². The zero-order valence-corrected chi connectivity index (χ0v) is 17.2. The predicted molar refractivity (Wildman–Crippen MR) is 112 cm³/mol. The Hall–Kier alpha value is -2.30. The first-order valence-corrected chi connectivity index (χ1v) is 10.9. The molecule has 0 saturated carbocycles. The van der Waals surface area contributed by atoms with Crippen molar-refractivity contribution in [3.63, 3.8) is 0 Å². The molecule has 0 aliphatic carbocycles. The van der Waals surface area contributed by atoms with Crippen LogP contribution in [0, 0.1) is 17.2 Å². The second kappa shape index (κ2) is 9.76. The molecule has 2 heterocycles. The van der Waals surface area contributed by atoms with E-state index in [0.29, 0.717) is 28.8 Å². The predicted octanol–water partition coefficient (Wildman–Crippen LogP) is 3.53. The molecule has 3 rings (SSSR count). The molecule has 1 unspecified atom stereocenters. The third-order valence-corrected chi connectivity index (χ3v) is 5.54. The molecule has 1 aromatic carbocycles. The van der Waals surface area contributed by atoms with E-state index in [2.05, 4.69) is 21.8 Å². The third-order valence-electron chi connectivity index (χ3n) is 4.96. The van der Waals surface area contributed by atoms with E-state index in [-0.39, 0.29) is 5.56 Å². The molecule has 1 saturated heterocycles. The Morgan fingerprint density at radius 2 is 2.25 bits per heavy atom. The van der Waals surface area contributed by atoms with Gasteiger partial charge in [0.15, 0.2) is 5.16 Å². The average Bonchev–Trinajstić information content (AvgIpc) is 2.71. The van der Waals surface area contributed by atoms with Crippen LogP contribution in [0.1, 0.15) is 31.7 Å². The summed E-state index contributed by atoms with van der Waals surface area (Å²) in [5.74, 6) is 1.42. The SMILES string of the molecule is CSc1nc(-c2ccccc2OCCCN2CCCC(C)C2)c(C#N)c(=O)[nH]1. The average molecular weight is 399 g/mol. The van der Waals surface area contributed by atoms with Crippen LogP contribution in [-0.4, -0.2) is 47.4 Å². The number of likely N-dealkylation sites (tertiary alicyclic amines) is 1. The summed E-state index contributed by atoms with van der Waals surface area (Å²) in [6.45, 7) is 6.25. The van der Waals surface area contributed by atoms with E-state index < -0.39 is 5.56 Å². The van der Waals surface area contributed by atoms with E-state index in [1.807, 2.05) is 36.6 Å². The van der Waals surface area contributed by atoms with E-state index >= 15 is 0 Å². The third kappa shape index (κ3) is 4.94. The number of aromatic nitrogens is 2. The minimum atomic E-state index is -0.425. The molecule has 7 heteroatoms. The molecule has 1 aliphatic rings. The Balaban J connectivity index is 1.73. The van der Waals surface area contributed by atoms with Crippen molar-refractivity contribution in [2.75, 3.05) is 32.5 Å². The number of aromatic amines is 1. The lowest BCUT2D eigenvalue weighted by atomic mass is 10.0. The highest BCUT2D eigenvalue weighted by Gasteiger charge is 2.18. The van der Waals surface area contributed by atoms with Gasteiger partial charge in [0.05, 0.1) is 6.61 Å². The highest BCUT2D eigenvalue weighted by atomic mass is 32.2. The molecule has 1 atom stereocenters. The summed E-state index contributed by atoms with van der Waals surface area (Å²) < 4.78 is 6.03. The molecule has 0 amide bonds. The van der Waals surface area contributed by atoms with Gasteiger partial charge in [0.2, 0.25) is 0 Å². The largest absolute Gasteiger partial charge is 0.493 e. The van der Waals surface area contributed by atoms with E-state index in [1.54, 1.807) is 0 Å². The van der Waals surface area contributed by atoms with Gasteiger partial charge in [0.1, 0.15) is 23.1 Å². The molecular weight excluding hydrogens is 372 g/mol. The summed E-state index contributed by atoms with van der Waals surface area (Å²) in [6, 6.07) is 9.43. The van der Waals surface area contributed by atoms with Gasteiger partial charge in [-0.05, 0) is 50.1 Å². The van der Waals surface area contributed by atoms with Crippen LogP contribution >= 0.6 is 11.8 Å². The van der Waals surface area contributed by atoms with Crippen LogP contribution in [0.15, 0.2) is 34.2 Å². The van der Waals surface area contributed by atoms with Gasteiger partial charge in [-0.2, -0.15) is 5.26 Å². The molecule has 1 fully saturated rings. The summed E-state index contributed by atoms with van der Waals surface area (Å²) in [5.41, 5.74) is 0.630. The fourth-order valence-electron chi connectivity index (χ4n) is 3.60. The maximum Gasteiger partial charge on any atom is 0.270 e. The molecule has 0 spiro atoms. The van der Waals surface area contributed by atoms with Crippen molar-refractivity contribution in [2.45, 2.75) is 31.3 Å². The second-order valence-corrected chi connectivity index (χ2v) is 7.95. The van der Waals surface area contributed by atoms with Gasteiger partial charge < -0.3 is 14.6 Å². The van der Waals surface area contributed by atoms with Crippen molar-refractivity contribution in [3.8, 4) is 23.1 Å². The van der Waals surface area contributed by atoms with Gasteiger partial charge in [0, 0.05) is 18.7 Å². The Bertz CT molecular complexity index is 906. The summed E-state index contributed by atoms with van der Waals surface area (Å²) >= 11 is 1.33. The maximum absolute atomic E-state index is 12.2. The number of para-hydroxylation sites is 1. The minimum absolute atomic E-state index is 0.0103. The monoisotopic (exact) mass is 398 g/mol. The normalized spacial score (nSPS) is 17.2. The van der Waals surface area contributed by atoms with E-state index in [4.69, 9.17) is 4.74 Å². The van der Waals surface area contributed by atoms with Gasteiger partial charge in [0.25, 0.3) is 5.56 Å². The molecule has 148 valence electrons. The number of thioether (sulfide) groups is 1.